The van der Waals surface area contributed by atoms with E-state index in [4.69, 9.17) is 16.3 Å². The van der Waals surface area contributed by atoms with Crippen LogP contribution in [0.1, 0.15) is 47.7 Å². The van der Waals surface area contributed by atoms with E-state index >= 15 is 0 Å². The number of ketones is 1. The van der Waals surface area contributed by atoms with Gasteiger partial charge in [0.05, 0.1) is 29.9 Å². The van der Waals surface area contributed by atoms with E-state index in [9.17, 15) is 9.59 Å². The first kappa shape index (κ1) is 18.4. The number of rotatable bonds is 6. The average molecular weight is 367 g/mol. The van der Waals surface area contributed by atoms with E-state index in [1.807, 2.05) is 5.38 Å². The quantitative estimate of drug-likeness (QED) is 0.773. The van der Waals surface area contributed by atoms with Crippen molar-refractivity contribution in [2.45, 2.75) is 33.1 Å². The van der Waals surface area contributed by atoms with Crippen molar-refractivity contribution < 1.29 is 14.3 Å². The third-order valence-electron chi connectivity index (χ3n) is 3.42. The summed E-state index contributed by atoms with van der Waals surface area (Å²) < 4.78 is 5.11. The van der Waals surface area contributed by atoms with Crippen molar-refractivity contribution in [3.63, 3.8) is 0 Å². The number of hydrogen-bond donors (Lipinski definition) is 1. The first-order valence-electron chi connectivity index (χ1n) is 7.44. The predicted octanol–water partition coefficient (Wildman–Crippen LogP) is 4.31. The topological polar surface area (TPSA) is 68.3 Å². The third kappa shape index (κ3) is 4.33. The Hall–Kier alpha value is -1.92. The van der Waals surface area contributed by atoms with Gasteiger partial charge in [-0.3, -0.25) is 9.59 Å². The van der Waals surface area contributed by atoms with Gasteiger partial charge in [-0.05, 0) is 25.0 Å². The normalized spacial score (nSPS) is 10.8. The number of halogens is 1. The molecule has 2 aromatic rings. The summed E-state index contributed by atoms with van der Waals surface area (Å²) in [6.07, 6.45) is 0.151. The Morgan fingerprint density at radius 3 is 2.62 bits per heavy atom. The molecule has 2 rings (SSSR count). The molecule has 7 heteroatoms. The lowest BCUT2D eigenvalue weighted by Gasteiger charge is -2.12. The molecule has 0 spiro atoms. The van der Waals surface area contributed by atoms with Crippen LogP contribution in [0.15, 0.2) is 17.5 Å². The summed E-state index contributed by atoms with van der Waals surface area (Å²) in [4.78, 5) is 28.5. The Balaban J connectivity index is 2.18. The van der Waals surface area contributed by atoms with Gasteiger partial charge in [0.25, 0.3) is 0 Å². The van der Waals surface area contributed by atoms with Gasteiger partial charge < -0.3 is 10.1 Å². The Labute approximate surface area is 150 Å². The van der Waals surface area contributed by atoms with Gasteiger partial charge in [-0.15, -0.1) is 11.3 Å². The predicted molar refractivity (Wildman–Crippen MR) is 96.5 cm³/mol. The lowest BCUT2D eigenvalue weighted by molar-refractivity contribution is -0.115. The summed E-state index contributed by atoms with van der Waals surface area (Å²) in [5, 5.41) is 5.76. The number of thiazole rings is 1. The molecule has 0 saturated carbocycles. The van der Waals surface area contributed by atoms with Crippen molar-refractivity contribution in [2.75, 3.05) is 12.4 Å². The van der Waals surface area contributed by atoms with Gasteiger partial charge >= 0.3 is 0 Å². The van der Waals surface area contributed by atoms with Crippen molar-refractivity contribution in [3.8, 4) is 5.75 Å². The molecule has 1 aromatic carbocycles. The van der Waals surface area contributed by atoms with E-state index < -0.39 is 0 Å². The van der Waals surface area contributed by atoms with Crippen LogP contribution < -0.4 is 10.1 Å². The SMILES string of the molecule is COc1cc(C(C)=O)c(NC(=O)Cc2nc(C(C)C)cs2)cc1Cl. The summed E-state index contributed by atoms with van der Waals surface area (Å²) in [6.45, 7) is 5.53. The van der Waals surface area contributed by atoms with Crippen LogP contribution in [0.4, 0.5) is 5.69 Å². The number of nitrogens with one attached hydrogen (secondary N) is 1. The number of ether oxygens (including phenoxy) is 1. The maximum atomic E-state index is 12.3. The highest BCUT2D eigenvalue weighted by Gasteiger charge is 2.16. The molecule has 0 unspecified atom stereocenters. The zero-order chi connectivity index (χ0) is 17.9. The van der Waals surface area contributed by atoms with Gasteiger partial charge in [0, 0.05) is 10.9 Å². The van der Waals surface area contributed by atoms with Gasteiger partial charge in [-0.2, -0.15) is 0 Å². The van der Waals surface area contributed by atoms with E-state index in [0.29, 0.717) is 27.9 Å². The maximum absolute atomic E-state index is 12.3. The molecule has 0 saturated heterocycles. The molecule has 1 amide bonds. The number of carbonyl (C=O) groups is 2. The molecule has 0 aliphatic carbocycles. The number of benzene rings is 1. The lowest BCUT2D eigenvalue weighted by Crippen LogP contribution is -2.16. The number of aromatic nitrogens is 1. The van der Waals surface area contributed by atoms with E-state index in [0.717, 1.165) is 10.7 Å². The Kier molecular flexibility index (Phi) is 5.96. The molecule has 1 N–H and O–H groups in total. The molecule has 0 atom stereocenters. The highest BCUT2D eigenvalue weighted by atomic mass is 35.5. The van der Waals surface area contributed by atoms with Crippen LogP contribution in [0.5, 0.6) is 5.75 Å². The van der Waals surface area contributed by atoms with Crippen LogP contribution in [-0.4, -0.2) is 23.8 Å². The summed E-state index contributed by atoms with van der Waals surface area (Å²) in [6, 6.07) is 3.05. The molecule has 0 radical (unpaired) electrons. The van der Waals surface area contributed by atoms with Crippen LogP contribution in [0.25, 0.3) is 0 Å². The second-order valence-electron chi connectivity index (χ2n) is 5.63. The van der Waals surface area contributed by atoms with Crippen molar-refractivity contribution in [1.29, 1.82) is 0 Å². The number of hydrogen-bond acceptors (Lipinski definition) is 5. The zero-order valence-corrected chi connectivity index (χ0v) is 15.5. The van der Waals surface area contributed by atoms with Gasteiger partial charge in [0.1, 0.15) is 10.8 Å². The van der Waals surface area contributed by atoms with Crippen LogP contribution >= 0.6 is 22.9 Å². The molecular formula is C17H19ClN2O3S. The monoisotopic (exact) mass is 366 g/mol. The second kappa shape index (κ2) is 7.77. The number of Topliss-reactive ketones (excluding diaryl/α,β-unsaturated/α-hetero) is 1. The van der Waals surface area contributed by atoms with Crippen LogP contribution in [0.3, 0.4) is 0 Å². The molecule has 1 aromatic heterocycles. The highest BCUT2D eigenvalue weighted by Crippen LogP contribution is 2.31. The fraction of sp³-hybridized carbons (Fsp3) is 0.353. The minimum atomic E-state index is -0.247. The number of carbonyl (C=O) groups excluding carboxylic acids is 2. The number of anilines is 1. The summed E-state index contributed by atoms with van der Waals surface area (Å²) in [7, 11) is 1.47. The smallest absolute Gasteiger partial charge is 0.231 e. The Morgan fingerprint density at radius 1 is 1.38 bits per heavy atom. The van der Waals surface area contributed by atoms with Crippen molar-refractivity contribution in [2.24, 2.45) is 0 Å². The lowest BCUT2D eigenvalue weighted by atomic mass is 10.1. The minimum absolute atomic E-state index is 0.151. The number of methoxy groups -OCH3 is 1. The standard InChI is InChI=1S/C17H19ClN2O3S/c1-9(2)14-8-24-17(20-14)7-16(22)19-13-6-12(18)15(23-4)5-11(13)10(3)21/h5-6,8-9H,7H2,1-4H3,(H,19,22). The molecule has 0 fully saturated rings. The van der Waals surface area contributed by atoms with E-state index in [-0.39, 0.29) is 18.1 Å². The summed E-state index contributed by atoms with van der Waals surface area (Å²) in [5.74, 6) is 0.282. The fourth-order valence-corrected chi connectivity index (χ4v) is 3.30. The van der Waals surface area contributed by atoms with E-state index in [2.05, 4.69) is 24.1 Å². The third-order valence-corrected chi connectivity index (χ3v) is 4.58. The molecule has 1 heterocycles. The van der Waals surface area contributed by atoms with E-state index in [1.54, 1.807) is 0 Å². The Bertz CT molecular complexity index is 771. The zero-order valence-electron chi connectivity index (χ0n) is 14.0. The number of amides is 1. The fourth-order valence-electron chi connectivity index (χ4n) is 2.11. The first-order valence-corrected chi connectivity index (χ1v) is 8.70. The second-order valence-corrected chi connectivity index (χ2v) is 6.98. The summed E-state index contributed by atoms with van der Waals surface area (Å²) in [5.41, 5.74) is 1.70. The van der Waals surface area contributed by atoms with Gasteiger partial charge in [-0.25, -0.2) is 4.98 Å². The van der Waals surface area contributed by atoms with Crippen molar-refractivity contribution in [1.82, 2.24) is 4.98 Å². The largest absolute Gasteiger partial charge is 0.495 e. The molecule has 24 heavy (non-hydrogen) atoms. The molecular weight excluding hydrogens is 348 g/mol. The molecule has 0 aliphatic heterocycles. The molecule has 0 aliphatic rings. The molecule has 128 valence electrons. The highest BCUT2D eigenvalue weighted by molar-refractivity contribution is 7.09. The number of nitrogens with zero attached hydrogens (tertiary/aromatic N) is 1. The van der Waals surface area contributed by atoms with Gasteiger partial charge in [0.15, 0.2) is 5.78 Å². The minimum Gasteiger partial charge on any atom is -0.495 e. The van der Waals surface area contributed by atoms with Crippen molar-refractivity contribution in [3.05, 3.63) is 38.8 Å². The average Bonchev–Trinajstić information content (AvgIpc) is 2.95. The Morgan fingerprint density at radius 2 is 2.08 bits per heavy atom. The van der Waals surface area contributed by atoms with Gasteiger partial charge in [-0.1, -0.05) is 25.4 Å². The van der Waals surface area contributed by atoms with Crippen LogP contribution in [-0.2, 0) is 11.2 Å². The molecule has 0 bridgehead atoms. The summed E-state index contributed by atoms with van der Waals surface area (Å²) >= 11 is 7.54. The van der Waals surface area contributed by atoms with Crippen LogP contribution in [0, 0.1) is 0 Å². The first-order chi connectivity index (χ1) is 11.3. The maximum Gasteiger partial charge on any atom is 0.231 e. The van der Waals surface area contributed by atoms with E-state index in [1.165, 1.54) is 37.5 Å². The molecule has 5 nitrogen and oxygen atoms in total. The van der Waals surface area contributed by atoms with Crippen LogP contribution in [0.2, 0.25) is 5.02 Å². The van der Waals surface area contributed by atoms with Crippen molar-refractivity contribution >= 4 is 40.3 Å². The van der Waals surface area contributed by atoms with Gasteiger partial charge in [0.2, 0.25) is 5.91 Å².